The topological polar surface area (TPSA) is 9.23 Å². The van der Waals surface area contributed by atoms with Crippen molar-refractivity contribution < 1.29 is 4.18 Å². The molecule has 0 amide bonds. The SMILES string of the molecule is CC1[C]C(C)SOC1. The van der Waals surface area contributed by atoms with Crippen molar-refractivity contribution in [1.29, 1.82) is 0 Å². The monoisotopic (exact) mass is 130 g/mol. The second-order valence-corrected chi connectivity index (χ2v) is 3.23. The summed E-state index contributed by atoms with van der Waals surface area (Å²) in [6, 6.07) is 0. The lowest BCUT2D eigenvalue weighted by Gasteiger charge is -2.21. The highest BCUT2D eigenvalue weighted by atomic mass is 32.2. The van der Waals surface area contributed by atoms with Gasteiger partial charge >= 0.3 is 0 Å². The van der Waals surface area contributed by atoms with Crippen molar-refractivity contribution in [2.75, 3.05) is 6.61 Å². The average Bonchev–Trinajstić information content (AvgIpc) is 1.64. The fourth-order valence-electron chi connectivity index (χ4n) is 0.720. The van der Waals surface area contributed by atoms with Crippen molar-refractivity contribution >= 4 is 12.0 Å². The van der Waals surface area contributed by atoms with Crippen LogP contribution in [0.3, 0.4) is 0 Å². The Labute approximate surface area is 55.0 Å². The molecule has 0 bridgehead atoms. The van der Waals surface area contributed by atoms with Crippen molar-refractivity contribution in [2.24, 2.45) is 5.92 Å². The number of rotatable bonds is 0. The van der Waals surface area contributed by atoms with E-state index in [1.807, 2.05) is 0 Å². The Morgan fingerprint density at radius 1 is 1.62 bits per heavy atom. The summed E-state index contributed by atoms with van der Waals surface area (Å²) in [6.45, 7) is 5.05. The van der Waals surface area contributed by atoms with Crippen LogP contribution in [0.5, 0.6) is 0 Å². The Kier molecular flexibility index (Phi) is 2.20. The Balaban J connectivity index is 2.23. The molecule has 0 aliphatic carbocycles. The molecule has 2 unspecified atom stereocenters. The quantitative estimate of drug-likeness (QED) is 0.462. The molecular formula is C6H10OS. The van der Waals surface area contributed by atoms with Crippen LogP contribution in [0.25, 0.3) is 0 Å². The van der Waals surface area contributed by atoms with Crippen LogP contribution in [0, 0.1) is 12.3 Å². The summed E-state index contributed by atoms with van der Waals surface area (Å²) in [4.78, 5) is 0. The molecule has 0 spiro atoms. The zero-order chi connectivity index (χ0) is 5.98. The number of hydrogen-bond donors (Lipinski definition) is 0. The Hall–Kier alpha value is 0.310. The van der Waals surface area contributed by atoms with E-state index in [2.05, 4.69) is 20.3 Å². The first kappa shape index (κ1) is 6.43. The van der Waals surface area contributed by atoms with Gasteiger partial charge in [-0.1, -0.05) is 13.8 Å². The summed E-state index contributed by atoms with van der Waals surface area (Å²) >= 11 is 1.51. The molecule has 1 saturated heterocycles. The predicted molar refractivity (Wildman–Crippen MR) is 35.4 cm³/mol. The molecule has 1 aliphatic heterocycles. The molecule has 1 heterocycles. The molecule has 0 saturated carbocycles. The first-order chi connectivity index (χ1) is 3.79. The minimum absolute atomic E-state index is 0.457. The molecule has 1 nitrogen and oxygen atoms in total. The summed E-state index contributed by atoms with van der Waals surface area (Å²) in [7, 11) is 0. The normalized spacial score (nSPS) is 39.8. The van der Waals surface area contributed by atoms with Crippen LogP contribution in [-0.2, 0) is 4.18 Å². The zero-order valence-corrected chi connectivity index (χ0v) is 5.99. The van der Waals surface area contributed by atoms with Crippen molar-refractivity contribution in [3.8, 4) is 0 Å². The van der Waals surface area contributed by atoms with Crippen LogP contribution in [0.1, 0.15) is 13.8 Å². The van der Waals surface area contributed by atoms with Gasteiger partial charge in [0.2, 0.25) is 0 Å². The van der Waals surface area contributed by atoms with Gasteiger partial charge in [-0.25, -0.2) is 0 Å². The molecule has 2 radical (unpaired) electrons. The third kappa shape index (κ3) is 1.67. The van der Waals surface area contributed by atoms with E-state index in [-0.39, 0.29) is 0 Å². The Bertz CT molecular complexity index is 66.9. The maximum atomic E-state index is 5.15. The molecule has 2 heteroatoms. The molecule has 0 N–H and O–H groups in total. The Morgan fingerprint density at radius 3 is 2.75 bits per heavy atom. The van der Waals surface area contributed by atoms with E-state index in [1.165, 1.54) is 12.0 Å². The maximum absolute atomic E-state index is 5.15. The Morgan fingerprint density at radius 2 is 2.38 bits per heavy atom. The summed E-state index contributed by atoms with van der Waals surface area (Å²) < 4.78 is 5.15. The van der Waals surface area contributed by atoms with Gasteiger partial charge in [0.1, 0.15) is 0 Å². The van der Waals surface area contributed by atoms with Crippen LogP contribution in [-0.4, -0.2) is 11.9 Å². The lowest BCUT2D eigenvalue weighted by molar-refractivity contribution is 0.302. The third-order valence-electron chi connectivity index (χ3n) is 1.05. The molecule has 2 atom stereocenters. The fraction of sp³-hybridized carbons (Fsp3) is 0.833. The fourth-order valence-corrected chi connectivity index (χ4v) is 1.49. The van der Waals surface area contributed by atoms with Crippen LogP contribution in [0.2, 0.25) is 0 Å². The molecule has 1 aliphatic rings. The van der Waals surface area contributed by atoms with Crippen molar-refractivity contribution in [3.05, 3.63) is 6.42 Å². The third-order valence-corrected chi connectivity index (χ3v) is 1.75. The molecule has 0 aromatic rings. The van der Waals surface area contributed by atoms with Crippen LogP contribution in [0.4, 0.5) is 0 Å². The van der Waals surface area contributed by atoms with Gasteiger partial charge in [0.05, 0.1) is 6.61 Å². The average molecular weight is 130 g/mol. The number of hydrogen-bond acceptors (Lipinski definition) is 2. The van der Waals surface area contributed by atoms with Crippen molar-refractivity contribution in [2.45, 2.75) is 19.1 Å². The highest BCUT2D eigenvalue weighted by Gasteiger charge is 2.16. The maximum Gasteiger partial charge on any atom is 0.0645 e. The highest BCUT2D eigenvalue weighted by molar-refractivity contribution is 7.95. The van der Waals surface area contributed by atoms with E-state index in [9.17, 15) is 0 Å². The predicted octanol–water partition coefficient (Wildman–Crippen LogP) is 1.77. The smallest absolute Gasteiger partial charge is 0.0645 e. The first-order valence-electron chi connectivity index (χ1n) is 2.83. The molecule has 46 valence electrons. The van der Waals surface area contributed by atoms with E-state index in [0.717, 1.165) is 6.61 Å². The minimum Gasteiger partial charge on any atom is -0.315 e. The van der Waals surface area contributed by atoms with Gasteiger partial charge in [0, 0.05) is 11.7 Å². The molecule has 8 heavy (non-hydrogen) atoms. The summed E-state index contributed by atoms with van der Waals surface area (Å²) in [5, 5.41) is 0.457. The van der Waals surface area contributed by atoms with E-state index >= 15 is 0 Å². The van der Waals surface area contributed by atoms with Gasteiger partial charge in [0.25, 0.3) is 0 Å². The van der Waals surface area contributed by atoms with Gasteiger partial charge in [-0.3, -0.25) is 0 Å². The second kappa shape index (κ2) is 2.74. The van der Waals surface area contributed by atoms with Crippen molar-refractivity contribution in [3.63, 3.8) is 0 Å². The van der Waals surface area contributed by atoms with Gasteiger partial charge in [-0.2, -0.15) is 0 Å². The molecule has 0 aromatic heterocycles. The van der Waals surface area contributed by atoms with Gasteiger partial charge in [0.15, 0.2) is 0 Å². The second-order valence-electron chi connectivity index (χ2n) is 2.09. The molecule has 1 fully saturated rings. The molecular weight excluding hydrogens is 120 g/mol. The van der Waals surface area contributed by atoms with E-state index in [4.69, 9.17) is 4.18 Å². The highest BCUT2D eigenvalue weighted by Crippen LogP contribution is 2.25. The largest absolute Gasteiger partial charge is 0.315 e. The van der Waals surface area contributed by atoms with Crippen LogP contribution < -0.4 is 0 Å². The molecule has 1 rings (SSSR count). The van der Waals surface area contributed by atoms with E-state index in [0.29, 0.717) is 11.2 Å². The van der Waals surface area contributed by atoms with Crippen LogP contribution in [0.15, 0.2) is 0 Å². The summed E-state index contributed by atoms with van der Waals surface area (Å²) in [5.74, 6) is 0.520. The van der Waals surface area contributed by atoms with E-state index in [1.54, 1.807) is 0 Å². The van der Waals surface area contributed by atoms with Crippen molar-refractivity contribution in [1.82, 2.24) is 0 Å². The van der Waals surface area contributed by atoms with E-state index < -0.39 is 0 Å². The molecule has 0 aromatic carbocycles. The van der Waals surface area contributed by atoms with Gasteiger partial charge in [-0.15, -0.1) is 0 Å². The summed E-state index contributed by atoms with van der Waals surface area (Å²) in [5.41, 5.74) is 0. The zero-order valence-electron chi connectivity index (χ0n) is 5.18. The lowest BCUT2D eigenvalue weighted by Crippen LogP contribution is -2.16. The standard InChI is InChI=1S/C6H10OS/c1-5-3-6(2)8-7-4-5/h5-6H,4H2,1-2H3. The minimum atomic E-state index is 0.457. The van der Waals surface area contributed by atoms with Crippen LogP contribution >= 0.6 is 12.0 Å². The first-order valence-corrected chi connectivity index (χ1v) is 3.64. The summed E-state index contributed by atoms with van der Waals surface area (Å²) in [6.07, 6.45) is 3.32. The van der Waals surface area contributed by atoms with Gasteiger partial charge in [-0.05, 0) is 18.0 Å². The van der Waals surface area contributed by atoms with Gasteiger partial charge < -0.3 is 4.18 Å². The lowest BCUT2D eigenvalue weighted by atomic mass is 10.1.